The molecule has 1 unspecified atom stereocenters. The number of phosphoric ester groups is 1. The average molecular weight is 370 g/mol. The first-order valence-corrected chi connectivity index (χ1v) is 10.9. The Balaban J connectivity index is 3.40. The first-order valence-electron chi connectivity index (χ1n) is 8.78. The van der Waals surface area contributed by atoms with Crippen LogP contribution in [0.2, 0.25) is 0 Å². The van der Waals surface area contributed by atoms with Crippen LogP contribution in [-0.4, -0.2) is 51.1 Å². The standard InChI is InChI=1S/C16H36NO4PS/c1-17(2,3)13-15-21-22(18,19)20-14-11-9-7-5-4-6-8-10-12-16-23/h4-16H2,1-3H3,(H-,18,19,23). The fourth-order valence-electron chi connectivity index (χ4n) is 2.09. The molecular formula is C16H36NO4PS. The highest BCUT2D eigenvalue weighted by Crippen LogP contribution is 2.38. The smallest absolute Gasteiger partial charge is 0.268 e. The molecule has 0 heterocycles. The van der Waals surface area contributed by atoms with Gasteiger partial charge in [-0.3, -0.25) is 4.57 Å². The molecule has 5 nitrogen and oxygen atoms in total. The molecule has 0 saturated carbocycles. The van der Waals surface area contributed by atoms with E-state index in [9.17, 15) is 9.46 Å². The van der Waals surface area contributed by atoms with E-state index in [4.69, 9.17) is 9.05 Å². The van der Waals surface area contributed by atoms with E-state index in [1.54, 1.807) is 0 Å². The largest absolute Gasteiger partial charge is 0.756 e. The monoisotopic (exact) mass is 369 g/mol. The van der Waals surface area contributed by atoms with Crippen LogP contribution in [0.4, 0.5) is 0 Å². The molecule has 0 amide bonds. The molecule has 0 bridgehead atoms. The molecule has 23 heavy (non-hydrogen) atoms. The van der Waals surface area contributed by atoms with E-state index in [0.29, 0.717) is 11.0 Å². The van der Waals surface area contributed by atoms with Gasteiger partial charge in [-0.1, -0.05) is 44.9 Å². The topological polar surface area (TPSA) is 58.6 Å². The van der Waals surface area contributed by atoms with Crippen molar-refractivity contribution < 1.29 is 23.0 Å². The van der Waals surface area contributed by atoms with Crippen LogP contribution in [0.15, 0.2) is 0 Å². The average Bonchev–Trinajstić information content (AvgIpc) is 2.43. The minimum atomic E-state index is -4.12. The summed E-state index contributed by atoms with van der Waals surface area (Å²) in [6, 6.07) is 0. The Bertz CT molecular complexity index is 324. The van der Waals surface area contributed by atoms with Crippen LogP contribution in [0.1, 0.15) is 57.8 Å². The van der Waals surface area contributed by atoms with Crippen molar-refractivity contribution in [2.24, 2.45) is 0 Å². The second-order valence-corrected chi connectivity index (χ2v) is 8.89. The Hall–Kier alpha value is 0.420. The molecule has 1 atom stereocenters. The van der Waals surface area contributed by atoms with Crippen molar-refractivity contribution in [3.63, 3.8) is 0 Å². The Morgan fingerprint density at radius 3 is 1.74 bits per heavy atom. The Morgan fingerprint density at radius 1 is 0.826 bits per heavy atom. The van der Waals surface area contributed by atoms with Gasteiger partial charge < -0.3 is 18.4 Å². The summed E-state index contributed by atoms with van der Waals surface area (Å²) in [4.78, 5) is 11.5. The van der Waals surface area contributed by atoms with Gasteiger partial charge in [0, 0.05) is 0 Å². The summed E-state index contributed by atoms with van der Waals surface area (Å²) in [7, 11) is 1.84. The van der Waals surface area contributed by atoms with E-state index < -0.39 is 7.82 Å². The number of quaternary nitrogens is 1. The lowest BCUT2D eigenvalue weighted by Gasteiger charge is -2.27. The number of hydrogen-bond donors (Lipinski definition) is 1. The highest BCUT2D eigenvalue weighted by atomic mass is 32.1. The Labute approximate surface area is 148 Å². The van der Waals surface area contributed by atoms with Gasteiger partial charge in [-0.2, -0.15) is 12.6 Å². The predicted octanol–water partition coefficient (Wildman–Crippen LogP) is 3.63. The van der Waals surface area contributed by atoms with Crippen molar-refractivity contribution in [2.75, 3.05) is 46.7 Å². The first kappa shape index (κ1) is 23.4. The van der Waals surface area contributed by atoms with Gasteiger partial charge in [0.05, 0.1) is 27.7 Å². The summed E-state index contributed by atoms with van der Waals surface area (Å²) < 4.78 is 21.9. The first-order chi connectivity index (χ1) is 10.8. The lowest BCUT2D eigenvalue weighted by Crippen LogP contribution is -2.37. The fourth-order valence-corrected chi connectivity index (χ4v) is 3.05. The van der Waals surface area contributed by atoms with Gasteiger partial charge >= 0.3 is 0 Å². The molecule has 0 saturated heterocycles. The van der Waals surface area contributed by atoms with Crippen LogP contribution in [0.25, 0.3) is 0 Å². The van der Waals surface area contributed by atoms with Crippen LogP contribution in [0.5, 0.6) is 0 Å². The van der Waals surface area contributed by atoms with Crippen LogP contribution < -0.4 is 4.89 Å². The molecule has 140 valence electrons. The molecule has 0 aliphatic heterocycles. The zero-order valence-electron chi connectivity index (χ0n) is 15.2. The highest BCUT2D eigenvalue weighted by Gasteiger charge is 2.12. The van der Waals surface area contributed by atoms with Gasteiger partial charge in [0.1, 0.15) is 13.2 Å². The van der Waals surface area contributed by atoms with E-state index in [0.717, 1.165) is 25.0 Å². The number of phosphoric acid groups is 1. The number of thiol groups is 1. The lowest BCUT2D eigenvalue weighted by atomic mass is 10.1. The third kappa shape index (κ3) is 18.6. The minimum absolute atomic E-state index is 0.164. The minimum Gasteiger partial charge on any atom is -0.756 e. The molecule has 0 aromatic rings. The SMILES string of the molecule is C[N+](C)(C)CCOP(=O)([O-])OCCCCCCCCCCCS. The fraction of sp³-hybridized carbons (Fsp3) is 1.00. The van der Waals surface area contributed by atoms with Crippen molar-refractivity contribution in [3.8, 4) is 0 Å². The van der Waals surface area contributed by atoms with Crippen molar-refractivity contribution in [3.05, 3.63) is 0 Å². The van der Waals surface area contributed by atoms with Gasteiger partial charge in [0.25, 0.3) is 7.82 Å². The van der Waals surface area contributed by atoms with Gasteiger partial charge in [0.15, 0.2) is 0 Å². The quantitative estimate of drug-likeness (QED) is 0.195. The van der Waals surface area contributed by atoms with Crippen LogP contribution in [0.3, 0.4) is 0 Å². The molecule has 0 rings (SSSR count). The summed E-state index contributed by atoms with van der Waals surface area (Å²) in [6.07, 6.45) is 10.5. The number of unbranched alkanes of at least 4 members (excludes halogenated alkanes) is 8. The number of rotatable bonds is 16. The molecule has 0 aromatic heterocycles. The van der Waals surface area contributed by atoms with E-state index in [1.807, 2.05) is 21.1 Å². The third-order valence-corrected chi connectivity index (χ3v) is 4.88. The molecule has 0 aliphatic rings. The zero-order valence-corrected chi connectivity index (χ0v) is 17.0. The number of likely N-dealkylation sites (N-methyl/N-ethyl adjacent to an activating group) is 1. The molecule has 0 aromatic carbocycles. The van der Waals surface area contributed by atoms with Crippen LogP contribution in [-0.2, 0) is 13.6 Å². The second kappa shape index (κ2) is 13.7. The van der Waals surface area contributed by atoms with E-state index in [1.165, 1.54) is 38.5 Å². The summed E-state index contributed by atoms with van der Waals surface area (Å²) in [5, 5.41) is 0. The van der Waals surface area contributed by atoms with E-state index >= 15 is 0 Å². The van der Waals surface area contributed by atoms with Crippen LogP contribution >= 0.6 is 20.5 Å². The maximum absolute atomic E-state index is 11.5. The zero-order chi connectivity index (χ0) is 17.6. The Morgan fingerprint density at radius 2 is 1.26 bits per heavy atom. The lowest BCUT2D eigenvalue weighted by molar-refractivity contribution is -0.870. The number of nitrogens with zero attached hydrogens (tertiary/aromatic N) is 1. The van der Waals surface area contributed by atoms with E-state index in [-0.39, 0.29) is 13.2 Å². The van der Waals surface area contributed by atoms with Crippen molar-refractivity contribution in [2.45, 2.75) is 57.8 Å². The van der Waals surface area contributed by atoms with Crippen LogP contribution in [0, 0.1) is 0 Å². The van der Waals surface area contributed by atoms with Crippen molar-refractivity contribution >= 4 is 20.5 Å². The third-order valence-electron chi connectivity index (χ3n) is 3.56. The van der Waals surface area contributed by atoms with Gasteiger partial charge in [-0.15, -0.1) is 0 Å². The maximum Gasteiger partial charge on any atom is 0.268 e. The summed E-state index contributed by atoms with van der Waals surface area (Å²) >= 11 is 4.20. The van der Waals surface area contributed by atoms with E-state index in [2.05, 4.69) is 12.6 Å². The second-order valence-electron chi connectivity index (χ2n) is 7.03. The molecule has 7 heteroatoms. The summed E-state index contributed by atoms with van der Waals surface area (Å²) in [5.74, 6) is 0.989. The molecule has 0 radical (unpaired) electrons. The maximum atomic E-state index is 11.5. The molecular weight excluding hydrogens is 333 g/mol. The van der Waals surface area contributed by atoms with Crippen molar-refractivity contribution in [1.82, 2.24) is 0 Å². The molecule has 0 N–H and O–H groups in total. The van der Waals surface area contributed by atoms with Gasteiger partial charge in [-0.05, 0) is 18.6 Å². The summed E-state index contributed by atoms with van der Waals surface area (Å²) in [5.41, 5.74) is 0. The normalized spacial score (nSPS) is 14.8. The summed E-state index contributed by atoms with van der Waals surface area (Å²) in [6.45, 7) is 1.02. The van der Waals surface area contributed by atoms with Gasteiger partial charge in [0.2, 0.25) is 0 Å². The highest BCUT2D eigenvalue weighted by molar-refractivity contribution is 7.80. The molecule has 0 fully saturated rings. The predicted molar refractivity (Wildman–Crippen MR) is 97.8 cm³/mol. The van der Waals surface area contributed by atoms with Gasteiger partial charge in [-0.25, -0.2) is 0 Å². The van der Waals surface area contributed by atoms with Crippen molar-refractivity contribution in [1.29, 1.82) is 0 Å². The number of hydrogen-bond acceptors (Lipinski definition) is 5. The Kier molecular flexibility index (Phi) is 13.9. The molecule has 0 spiro atoms. The molecule has 0 aliphatic carbocycles.